The number of furan rings is 2. The first-order valence-corrected chi connectivity index (χ1v) is 16.6. The first kappa shape index (κ1) is 28.2. The summed E-state index contributed by atoms with van der Waals surface area (Å²) in [5.74, 6) is 1.76. The normalized spacial score (nSPS) is 11.6. The Balaban J connectivity index is 1.24. The van der Waals surface area contributed by atoms with Crippen LogP contribution in [-0.4, -0.2) is 15.0 Å². The van der Waals surface area contributed by atoms with E-state index >= 15 is 0 Å². The van der Waals surface area contributed by atoms with Gasteiger partial charge in [0.1, 0.15) is 22.3 Å². The summed E-state index contributed by atoms with van der Waals surface area (Å²) in [5.41, 5.74) is 10.2. The summed E-state index contributed by atoms with van der Waals surface area (Å²) in [6, 6.07) is 55.7. The van der Waals surface area contributed by atoms with Crippen LogP contribution in [0.4, 0.5) is 0 Å². The van der Waals surface area contributed by atoms with Gasteiger partial charge in [-0.25, -0.2) is 15.0 Å². The van der Waals surface area contributed by atoms with Gasteiger partial charge in [-0.3, -0.25) is 0 Å². The van der Waals surface area contributed by atoms with E-state index in [0.717, 1.165) is 82.8 Å². The molecule has 10 rings (SSSR count). The molecule has 0 atom stereocenters. The van der Waals surface area contributed by atoms with Crippen LogP contribution in [0.15, 0.2) is 173 Å². The molecule has 5 heteroatoms. The number of aromatic nitrogens is 3. The summed E-state index contributed by atoms with van der Waals surface area (Å²) in [7, 11) is 0. The SMILES string of the molecule is c1ccc(-c2cc(-c3nc(-c4ccccc4)nc(-c4cccc5oc6ccccc6c45)n3)cc(-c3cccc4c3oc3ccccc34)c2)cc1. The minimum Gasteiger partial charge on any atom is -0.456 e. The van der Waals surface area contributed by atoms with Crippen molar-refractivity contribution in [2.75, 3.05) is 0 Å². The zero-order chi connectivity index (χ0) is 33.0. The molecular formula is C45H27N3O2. The van der Waals surface area contributed by atoms with E-state index in [1.54, 1.807) is 0 Å². The van der Waals surface area contributed by atoms with E-state index in [4.69, 9.17) is 23.8 Å². The van der Waals surface area contributed by atoms with Crippen LogP contribution >= 0.6 is 0 Å². The highest BCUT2D eigenvalue weighted by Crippen LogP contribution is 2.40. The second-order valence-electron chi connectivity index (χ2n) is 12.4. The fraction of sp³-hybridized carbons (Fsp3) is 0. The maximum Gasteiger partial charge on any atom is 0.164 e. The Labute approximate surface area is 287 Å². The van der Waals surface area contributed by atoms with Crippen molar-refractivity contribution in [3.8, 4) is 56.4 Å². The Morgan fingerprint density at radius 3 is 1.66 bits per heavy atom. The second kappa shape index (κ2) is 11.4. The van der Waals surface area contributed by atoms with E-state index in [2.05, 4.69) is 78.9 Å². The van der Waals surface area contributed by atoms with E-state index in [1.165, 1.54) is 0 Å². The molecule has 10 aromatic rings. The van der Waals surface area contributed by atoms with Crippen LogP contribution in [0.25, 0.3) is 100 Å². The molecule has 0 fully saturated rings. The third-order valence-electron chi connectivity index (χ3n) is 9.32. The van der Waals surface area contributed by atoms with Crippen LogP contribution in [-0.2, 0) is 0 Å². The molecule has 0 spiro atoms. The lowest BCUT2D eigenvalue weighted by atomic mass is 9.94. The van der Waals surface area contributed by atoms with Crippen LogP contribution in [0, 0.1) is 0 Å². The van der Waals surface area contributed by atoms with Gasteiger partial charge in [-0.2, -0.15) is 0 Å². The van der Waals surface area contributed by atoms with Crippen molar-refractivity contribution in [1.82, 2.24) is 15.0 Å². The maximum absolute atomic E-state index is 6.50. The van der Waals surface area contributed by atoms with Gasteiger partial charge in [0, 0.05) is 43.8 Å². The predicted octanol–water partition coefficient (Wildman–Crippen LogP) is 12.0. The number of fused-ring (bicyclic) bond motifs is 6. The monoisotopic (exact) mass is 641 g/mol. The molecule has 0 N–H and O–H groups in total. The van der Waals surface area contributed by atoms with Crippen molar-refractivity contribution in [3.05, 3.63) is 164 Å². The van der Waals surface area contributed by atoms with Gasteiger partial charge in [0.2, 0.25) is 0 Å². The predicted molar refractivity (Wildman–Crippen MR) is 202 cm³/mol. The minimum absolute atomic E-state index is 0.578. The number of hydrogen-bond donors (Lipinski definition) is 0. The van der Waals surface area contributed by atoms with Gasteiger partial charge in [0.15, 0.2) is 17.5 Å². The van der Waals surface area contributed by atoms with Crippen molar-refractivity contribution >= 4 is 43.9 Å². The first-order chi connectivity index (χ1) is 24.8. The molecule has 0 saturated heterocycles. The molecule has 234 valence electrons. The topological polar surface area (TPSA) is 65.0 Å². The molecule has 0 aliphatic rings. The number of nitrogens with zero attached hydrogens (tertiary/aromatic N) is 3. The Bertz CT molecular complexity index is 2870. The molecular weight excluding hydrogens is 615 g/mol. The van der Waals surface area contributed by atoms with Crippen LogP contribution in [0.2, 0.25) is 0 Å². The molecule has 0 unspecified atom stereocenters. The molecule has 5 nitrogen and oxygen atoms in total. The lowest BCUT2D eigenvalue weighted by molar-refractivity contribution is 0.669. The molecule has 3 aromatic heterocycles. The van der Waals surface area contributed by atoms with Crippen molar-refractivity contribution < 1.29 is 8.83 Å². The number of benzene rings is 7. The number of para-hydroxylation sites is 3. The van der Waals surface area contributed by atoms with Crippen LogP contribution in [0.3, 0.4) is 0 Å². The quantitative estimate of drug-likeness (QED) is 0.187. The highest BCUT2D eigenvalue weighted by Gasteiger charge is 2.20. The molecule has 0 aliphatic carbocycles. The Kier molecular flexibility index (Phi) is 6.42. The molecule has 3 heterocycles. The molecule has 0 amide bonds. The number of hydrogen-bond acceptors (Lipinski definition) is 5. The highest BCUT2D eigenvalue weighted by molar-refractivity contribution is 6.12. The van der Waals surface area contributed by atoms with Crippen LogP contribution in [0.5, 0.6) is 0 Å². The average Bonchev–Trinajstić information content (AvgIpc) is 3.77. The van der Waals surface area contributed by atoms with Crippen molar-refractivity contribution in [2.24, 2.45) is 0 Å². The van der Waals surface area contributed by atoms with Crippen molar-refractivity contribution in [1.29, 1.82) is 0 Å². The van der Waals surface area contributed by atoms with Gasteiger partial charge in [-0.05, 0) is 53.1 Å². The molecule has 0 aliphatic heterocycles. The summed E-state index contributed by atoms with van der Waals surface area (Å²) < 4.78 is 12.8. The van der Waals surface area contributed by atoms with E-state index in [1.807, 2.05) is 84.9 Å². The first-order valence-electron chi connectivity index (χ1n) is 16.6. The fourth-order valence-electron chi connectivity index (χ4n) is 6.99. The number of rotatable bonds is 5. The Morgan fingerprint density at radius 2 is 0.860 bits per heavy atom. The van der Waals surface area contributed by atoms with E-state index in [9.17, 15) is 0 Å². The fourth-order valence-corrected chi connectivity index (χ4v) is 6.99. The molecule has 50 heavy (non-hydrogen) atoms. The average molecular weight is 642 g/mol. The van der Waals surface area contributed by atoms with Gasteiger partial charge >= 0.3 is 0 Å². The smallest absolute Gasteiger partial charge is 0.164 e. The molecule has 0 bridgehead atoms. The van der Waals surface area contributed by atoms with Gasteiger partial charge in [0.05, 0.1) is 0 Å². The van der Waals surface area contributed by atoms with Gasteiger partial charge in [-0.15, -0.1) is 0 Å². The van der Waals surface area contributed by atoms with Gasteiger partial charge in [-0.1, -0.05) is 127 Å². The summed E-state index contributed by atoms with van der Waals surface area (Å²) in [5, 5.41) is 4.18. The lowest BCUT2D eigenvalue weighted by Crippen LogP contribution is -2.01. The largest absolute Gasteiger partial charge is 0.456 e. The molecule has 7 aromatic carbocycles. The standard InChI is InChI=1S/C45H27N3O2/c1-3-13-28(14-4-1)30-25-31(33-19-11-20-35-34-17-7-9-22-38(34)50-42(33)35)27-32(26-30)44-46-43(29-15-5-2-6-16-29)47-45(48-44)37-21-12-24-40-41(37)36-18-8-10-23-39(36)49-40/h1-27H. The maximum atomic E-state index is 6.50. The summed E-state index contributed by atoms with van der Waals surface area (Å²) in [6.45, 7) is 0. The van der Waals surface area contributed by atoms with Crippen molar-refractivity contribution in [3.63, 3.8) is 0 Å². The second-order valence-corrected chi connectivity index (χ2v) is 12.4. The summed E-state index contributed by atoms with van der Waals surface area (Å²) in [6.07, 6.45) is 0. The Morgan fingerprint density at radius 1 is 0.320 bits per heavy atom. The third kappa shape index (κ3) is 4.67. The van der Waals surface area contributed by atoms with E-state index in [-0.39, 0.29) is 0 Å². The van der Waals surface area contributed by atoms with Crippen molar-refractivity contribution in [2.45, 2.75) is 0 Å². The zero-order valence-electron chi connectivity index (χ0n) is 26.7. The zero-order valence-corrected chi connectivity index (χ0v) is 26.7. The van der Waals surface area contributed by atoms with Gasteiger partial charge in [0.25, 0.3) is 0 Å². The lowest BCUT2D eigenvalue weighted by Gasteiger charge is -2.13. The highest BCUT2D eigenvalue weighted by atomic mass is 16.3. The summed E-state index contributed by atoms with van der Waals surface area (Å²) in [4.78, 5) is 15.4. The summed E-state index contributed by atoms with van der Waals surface area (Å²) >= 11 is 0. The van der Waals surface area contributed by atoms with Crippen LogP contribution in [0.1, 0.15) is 0 Å². The Hall–Kier alpha value is -6.85. The molecule has 0 saturated carbocycles. The third-order valence-corrected chi connectivity index (χ3v) is 9.32. The molecule has 0 radical (unpaired) electrons. The van der Waals surface area contributed by atoms with E-state index in [0.29, 0.717) is 17.5 Å². The minimum atomic E-state index is 0.578. The van der Waals surface area contributed by atoms with Crippen LogP contribution < -0.4 is 0 Å². The van der Waals surface area contributed by atoms with Gasteiger partial charge < -0.3 is 8.83 Å². The van der Waals surface area contributed by atoms with E-state index < -0.39 is 0 Å².